The van der Waals surface area contributed by atoms with E-state index in [1.807, 2.05) is 4.97 Å². The van der Waals surface area contributed by atoms with E-state index in [0.29, 0.717) is 4.47 Å². The summed E-state index contributed by atoms with van der Waals surface area (Å²) in [6, 6.07) is 0. The number of ether oxygens (including phenoxy) is 1. The van der Waals surface area contributed by atoms with E-state index in [4.69, 9.17) is 0 Å². The van der Waals surface area contributed by atoms with Gasteiger partial charge in [-0.05, 0) is 0 Å². The zero-order chi connectivity index (χ0) is 7.28. The first-order valence-electron chi connectivity index (χ1n) is 2.37. The molecule has 0 spiro atoms. The molecule has 0 radical (unpaired) electrons. The van der Waals surface area contributed by atoms with Crippen LogP contribution < -0.4 is 0 Å². The molecule has 0 saturated heterocycles. The van der Waals surface area contributed by atoms with Gasteiger partial charge in [0.1, 0.15) is 0 Å². The van der Waals surface area contributed by atoms with Crippen LogP contribution in [0.1, 0.15) is 6.92 Å². The number of hydrogen-bond acceptors (Lipinski definition) is 3. The molecule has 0 amide bonds. The van der Waals surface area contributed by atoms with E-state index in [2.05, 4.69) is 4.74 Å². The van der Waals surface area contributed by atoms with Crippen LogP contribution in [0.25, 0.3) is 0 Å². The van der Waals surface area contributed by atoms with Crippen LogP contribution in [-0.2, 0) is 14.3 Å². The topological polar surface area (TPSA) is 43.4 Å². The van der Waals surface area contributed by atoms with E-state index in [1.165, 1.54) is 6.92 Å². The predicted molar refractivity (Wildman–Crippen MR) is 33.2 cm³/mol. The Bertz CT molecular complexity index is 121. The van der Waals surface area contributed by atoms with E-state index in [-0.39, 0.29) is 26.9 Å². The molecule has 0 heterocycles. The Hall–Kier alpha value is -0.0704. The standard InChI is InChI=1S/C5H8O3Te/c1-4(6)8-5(7)3-9-2/h3H2,1-2H3. The summed E-state index contributed by atoms with van der Waals surface area (Å²) in [6.45, 7) is 1.23. The van der Waals surface area contributed by atoms with Gasteiger partial charge in [0.25, 0.3) is 0 Å². The van der Waals surface area contributed by atoms with Crippen molar-refractivity contribution in [1.29, 1.82) is 0 Å². The van der Waals surface area contributed by atoms with Gasteiger partial charge in [0.15, 0.2) is 0 Å². The summed E-state index contributed by atoms with van der Waals surface area (Å²) in [5, 5.41) is 0. The molecule has 0 aliphatic heterocycles. The maximum atomic E-state index is 10.4. The second kappa shape index (κ2) is 4.78. The molecule has 0 aromatic heterocycles. The van der Waals surface area contributed by atoms with Gasteiger partial charge in [-0.3, -0.25) is 0 Å². The Morgan fingerprint density at radius 2 is 2.11 bits per heavy atom. The molecule has 0 N–H and O–H groups in total. The van der Waals surface area contributed by atoms with Gasteiger partial charge in [0, 0.05) is 0 Å². The van der Waals surface area contributed by atoms with Gasteiger partial charge in [-0.25, -0.2) is 0 Å². The summed E-state index contributed by atoms with van der Waals surface area (Å²) in [4.78, 5) is 22.5. The van der Waals surface area contributed by atoms with E-state index < -0.39 is 5.97 Å². The average Bonchev–Trinajstić information content (AvgIpc) is 1.63. The third kappa shape index (κ3) is 5.81. The normalized spacial score (nSPS) is 8.67. The first-order chi connectivity index (χ1) is 4.16. The van der Waals surface area contributed by atoms with Crippen molar-refractivity contribution in [1.82, 2.24) is 0 Å². The average molecular weight is 244 g/mol. The van der Waals surface area contributed by atoms with Gasteiger partial charge < -0.3 is 0 Å². The molecule has 0 atom stereocenters. The molecule has 0 aromatic rings. The Kier molecular flexibility index (Phi) is 4.74. The Morgan fingerprint density at radius 3 is 2.44 bits per heavy atom. The number of carbonyl (C=O) groups excluding carboxylic acids is 2. The van der Waals surface area contributed by atoms with Crippen LogP contribution in [0.5, 0.6) is 0 Å². The van der Waals surface area contributed by atoms with Crippen molar-refractivity contribution in [3.05, 3.63) is 0 Å². The quantitative estimate of drug-likeness (QED) is 0.397. The van der Waals surface area contributed by atoms with Crippen LogP contribution in [0.3, 0.4) is 0 Å². The third-order valence-electron chi connectivity index (χ3n) is 0.520. The molecule has 0 unspecified atom stereocenters. The van der Waals surface area contributed by atoms with Crippen LogP contribution in [-0.4, -0.2) is 32.9 Å². The molecule has 3 nitrogen and oxygen atoms in total. The predicted octanol–water partition coefficient (Wildman–Crippen LogP) is 0.247. The summed E-state index contributed by atoms with van der Waals surface area (Å²) >= 11 is -0.238. The van der Waals surface area contributed by atoms with Crippen LogP contribution in [0, 0.1) is 0 Å². The number of esters is 2. The van der Waals surface area contributed by atoms with E-state index in [9.17, 15) is 9.59 Å². The summed E-state index contributed by atoms with van der Waals surface area (Å²) in [5.74, 6) is -0.895. The molecule has 0 aliphatic rings. The molecular weight excluding hydrogens is 236 g/mol. The van der Waals surface area contributed by atoms with Gasteiger partial charge in [0.2, 0.25) is 0 Å². The minimum absolute atomic E-state index is 0.238. The van der Waals surface area contributed by atoms with Crippen molar-refractivity contribution < 1.29 is 14.3 Å². The van der Waals surface area contributed by atoms with E-state index in [1.54, 1.807) is 0 Å². The summed E-state index contributed by atoms with van der Waals surface area (Å²) in [6.07, 6.45) is 0. The fourth-order valence-electron chi connectivity index (χ4n) is 0.308. The molecule has 9 heavy (non-hydrogen) atoms. The van der Waals surface area contributed by atoms with E-state index in [0.717, 1.165) is 0 Å². The van der Waals surface area contributed by atoms with Gasteiger partial charge >= 0.3 is 63.6 Å². The summed E-state index contributed by atoms with van der Waals surface area (Å²) < 4.78 is 4.69. The van der Waals surface area contributed by atoms with Crippen molar-refractivity contribution in [2.45, 2.75) is 16.4 Å². The van der Waals surface area contributed by atoms with Crippen molar-refractivity contribution >= 4 is 32.9 Å². The van der Waals surface area contributed by atoms with Gasteiger partial charge in [-0.2, -0.15) is 0 Å². The first kappa shape index (κ1) is 8.93. The molecule has 0 rings (SSSR count). The number of hydrogen-bond donors (Lipinski definition) is 0. The van der Waals surface area contributed by atoms with Crippen molar-refractivity contribution in [3.8, 4) is 0 Å². The molecule has 0 bridgehead atoms. The molecule has 0 aromatic carbocycles. The SMILES string of the molecule is C[Te]CC(=O)OC(C)=O. The van der Waals surface area contributed by atoms with E-state index >= 15 is 0 Å². The van der Waals surface area contributed by atoms with Crippen LogP contribution in [0.4, 0.5) is 0 Å². The molecule has 0 fully saturated rings. The molecular formula is C5H8O3Te. The van der Waals surface area contributed by atoms with Gasteiger partial charge in [-0.15, -0.1) is 0 Å². The monoisotopic (exact) mass is 246 g/mol. The summed E-state index contributed by atoms with van der Waals surface area (Å²) in [5.41, 5.74) is 0. The molecule has 4 heteroatoms. The molecule has 0 aliphatic carbocycles. The molecule has 0 saturated carbocycles. The second-order valence-electron chi connectivity index (χ2n) is 1.40. The van der Waals surface area contributed by atoms with Crippen molar-refractivity contribution in [2.24, 2.45) is 0 Å². The minimum atomic E-state index is -0.513. The third-order valence-corrected chi connectivity index (χ3v) is 2.02. The molecule has 52 valence electrons. The van der Waals surface area contributed by atoms with Gasteiger partial charge in [0.05, 0.1) is 0 Å². The summed E-state index contributed by atoms with van der Waals surface area (Å²) in [7, 11) is 0. The maximum absolute atomic E-state index is 10.4. The van der Waals surface area contributed by atoms with Crippen LogP contribution in [0.2, 0.25) is 9.44 Å². The Labute approximate surface area is 63.8 Å². The fourth-order valence-corrected chi connectivity index (χ4v) is 1.15. The van der Waals surface area contributed by atoms with Gasteiger partial charge in [-0.1, -0.05) is 0 Å². The number of rotatable bonds is 2. The van der Waals surface area contributed by atoms with Crippen molar-refractivity contribution in [2.75, 3.05) is 0 Å². The first-order valence-corrected chi connectivity index (χ1v) is 6.35. The fraction of sp³-hybridized carbons (Fsp3) is 0.600. The van der Waals surface area contributed by atoms with Crippen molar-refractivity contribution in [3.63, 3.8) is 0 Å². The number of carbonyl (C=O) groups is 2. The Balaban J connectivity index is 3.39. The Morgan fingerprint density at radius 1 is 1.56 bits per heavy atom. The zero-order valence-electron chi connectivity index (χ0n) is 5.34. The van der Waals surface area contributed by atoms with Crippen LogP contribution >= 0.6 is 0 Å². The second-order valence-corrected chi connectivity index (χ2v) is 3.87. The zero-order valence-corrected chi connectivity index (χ0v) is 7.67. The van der Waals surface area contributed by atoms with Crippen LogP contribution in [0.15, 0.2) is 0 Å².